The molecule has 2 aromatic heterocycles. The molecule has 12 nitrogen and oxygen atoms in total. The van der Waals surface area contributed by atoms with Gasteiger partial charge in [0, 0.05) is 18.5 Å². The van der Waals surface area contributed by atoms with Gasteiger partial charge in [0.15, 0.2) is 18.0 Å². The number of benzene rings is 1. The first-order valence-electron chi connectivity index (χ1n) is 13.7. The Kier molecular flexibility index (Phi) is 10.4. The lowest BCUT2D eigenvalue weighted by atomic mass is 9.88. The van der Waals surface area contributed by atoms with Crippen LogP contribution in [-0.2, 0) is 16.6 Å². The van der Waals surface area contributed by atoms with Gasteiger partial charge in [-0.1, -0.05) is 40.5 Å². The van der Waals surface area contributed by atoms with E-state index >= 15 is 0 Å². The lowest BCUT2D eigenvalue weighted by Crippen LogP contribution is -2.49. The maximum Gasteiger partial charge on any atom is 0.408 e. The molecule has 0 aliphatic rings. The van der Waals surface area contributed by atoms with Crippen molar-refractivity contribution in [1.29, 1.82) is 0 Å². The van der Waals surface area contributed by atoms with E-state index in [4.69, 9.17) is 19.2 Å². The molecule has 2 amide bonds. The van der Waals surface area contributed by atoms with E-state index in [1.807, 2.05) is 65.3 Å². The van der Waals surface area contributed by atoms with Crippen molar-refractivity contribution in [2.75, 3.05) is 18.5 Å². The number of aliphatic hydroxyl groups is 1. The number of carbonyl (C=O) groups is 2. The first-order valence-corrected chi connectivity index (χ1v) is 13.7. The van der Waals surface area contributed by atoms with E-state index in [1.54, 1.807) is 6.07 Å². The predicted octanol–water partition coefficient (Wildman–Crippen LogP) is 4.47. The smallest absolute Gasteiger partial charge is 0.408 e. The van der Waals surface area contributed by atoms with E-state index in [9.17, 15) is 14.7 Å². The number of nitrogens with zero attached hydrogens (tertiary/aromatic N) is 3. The van der Waals surface area contributed by atoms with Crippen molar-refractivity contribution in [3.8, 4) is 11.5 Å². The number of hydrogen-bond acceptors (Lipinski definition) is 8. The third-order valence-corrected chi connectivity index (χ3v) is 6.41. The number of alkyl carbamates (subject to hydrolysis) is 1. The lowest BCUT2D eigenvalue weighted by molar-refractivity contribution is -0.125. The van der Waals surface area contributed by atoms with Crippen LogP contribution in [0.1, 0.15) is 72.7 Å². The van der Waals surface area contributed by atoms with Crippen LogP contribution in [-0.4, -0.2) is 62.2 Å². The van der Waals surface area contributed by atoms with Crippen LogP contribution in [0.2, 0.25) is 0 Å². The molecule has 3 rings (SSSR count). The summed E-state index contributed by atoms with van der Waals surface area (Å²) in [5.74, 6) is 1.43. The fourth-order valence-corrected chi connectivity index (χ4v) is 4.41. The number of nitrogens with one attached hydrogen (secondary N) is 3. The van der Waals surface area contributed by atoms with Crippen molar-refractivity contribution in [2.45, 2.75) is 79.1 Å². The average molecular weight is 559 g/mol. The van der Waals surface area contributed by atoms with E-state index in [0.29, 0.717) is 54.7 Å². The van der Waals surface area contributed by atoms with Gasteiger partial charge in [0.05, 0.1) is 25.5 Å². The van der Waals surface area contributed by atoms with Crippen molar-refractivity contribution < 1.29 is 28.9 Å². The number of H-pyrrole nitrogens is 1. The summed E-state index contributed by atoms with van der Waals surface area (Å²) in [6, 6.07) is 4.36. The summed E-state index contributed by atoms with van der Waals surface area (Å²) in [4.78, 5) is 30.8. The third kappa shape index (κ3) is 7.23. The van der Waals surface area contributed by atoms with E-state index in [2.05, 4.69) is 20.8 Å². The monoisotopic (exact) mass is 558 g/mol. The number of aromatic nitrogens is 4. The minimum absolute atomic E-state index is 0.341. The average Bonchev–Trinajstić information content (AvgIpc) is 3.53. The second kappa shape index (κ2) is 13.5. The molecule has 2 heterocycles. The number of amides is 2. The van der Waals surface area contributed by atoms with Gasteiger partial charge in [-0.2, -0.15) is 5.10 Å². The Balaban J connectivity index is 1.90. The number of fused-ring (bicyclic) bond motifs is 1. The zero-order valence-corrected chi connectivity index (χ0v) is 24.4. The maximum atomic E-state index is 13.3. The van der Waals surface area contributed by atoms with Crippen molar-refractivity contribution in [2.24, 2.45) is 12.5 Å². The van der Waals surface area contributed by atoms with Crippen LogP contribution in [0.5, 0.6) is 11.5 Å². The molecule has 4 N–H and O–H groups in total. The van der Waals surface area contributed by atoms with Crippen LogP contribution in [0, 0.1) is 5.41 Å². The quantitative estimate of drug-likeness (QED) is 0.240. The molecule has 0 aliphatic carbocycles. The van der Waals surface area contributed by atoms with Crippen LogP contribution >= 0.6 is 0 Å². The fraction of sp³-hybridized carbons (Fsp3) is 0.571. The predicted molar refractivity (Wildman–Crippen MR) is 151 cm³/mol. The van der Waals surface area contributed by atoms with Crippen molar-refractivity contribution in [1.82, 2.24) is 25.1 Å². The van der Waals surface area contributed by atoms with Gasteiger partial charge in [-0.15, -0.1) is 0 Å². The third-order valence-electron chi connectivity index (χ3n) is 6.41. The first kappa shape index (κ1) is 30.7. The Morgan fingerprint density at radius 3 is 2.38 bits per heavy atom. The van der Waals surface area contributed by atoms with Crippen LogP contribution < -0.4 is 20.1 Å². The second-order valence-corrected chi connectivity index (χ2v) is 10.6. The highest BCUT2D eigenvalue weighted by Crippen LogP contribution is 2.40. The van der Waals surface area contributed by atoms with Gasteiger partial charge in [0.1, 0.15) is 28.4 Å². The van der Waals surface area contributed by atoms with Gasteiger partial charge in [0.2, 0.25) is 0 Å². The first-order chi connectivity index (χ1) is 19.0. The number of aliphatic hydroxyl groups excluding tert-OH is 1. The molecular weight excluding hydrogens is 516 g/mol. The Bertz CT molecular complexity index is 1270. The molecule has 1 aromatic carbocycles. The number of unbranched alkanes of at least 4 members (excludes halogenated alkanes) is 1. The molecule has 40 heavy (non-hydrogen) atoms. The van der Waals surface area contributed by atoms with E-state index in [-0.39, 0.29) is 0 Å². The van der Waals surface area contributed by atoms with E-state index in [0.717, 1.165) is 11.9 Å². The summed E-state index contributed by atoms with van der Waals surface area (Å²) >= 11 is 0. The van der Waals surface area contributed by atoms with Gasteiger partial charge < -0.3 is 34.5 Å². The molecule has 0 spiro atoms. The van der Waals surface area contributed by atoms with E-state index < -0.39 is 35.7 Å². The Hall–Kier alpha value is -3.80. The number of hydrogen-bond donors (Lipinski definition) is 4. The molecule has 0 bridgehead atoms. The number of rotatable bonds is 13. The summed E-state index contributed by atoms with van der Waals surface area (Å²) in [6.07, 6.45) is 0.311. The molecule has 220 valence electrons. The van der Waals surface area contributed by atoms with Crippen LogP contribution in [0.15, 0.2) is 24.4 Å². The van der Waals surface area contributed by atoms with Gasteiger partial charge >= 0.3 is 6.09 Å². The number of ether oxygens (including phenoxy) is 3. The number of carbonyl (C=O) groups excluding carboxylic acids is 2. The van der Waals surface area contributed by atoms with Gasteiger partial charge in [-0.25, -0.2) is 9.78 Å². The molecule has 3 atom stereocenters. The summed E-state index contributed by atoms with van der Waals surface area (Å²) in [5, 5.41) is 22.5. The summed E-state index contributed by atoms with van der Waals surface area (Å²) < 4.78 is 19.5. The SMILES string of the molecule is CCCC[C@H](NC(=O)O[C@@H](c1nc2c(OCC)ccc(OCC)c2n1C)C(C)(C)C)[C@H](O)C(=O)Nc1ccn[nH]1. The molecule has 0 saturated carbocycles. The van der Waals surface area contributed by atoms with Gasteiger partial charge in [-0.3, -0.25) is 9.89 Å². The van der Waals surface area contributed by atoms with Gasteiger partial charge in [-0.05, 0) is 32.4 Å². The zero-order chi connectivity index (χ0) is 29.4. The highest BCUT2D eigenvalue weighted by Gasteiger charge is 2.36. The summed E-state index contributed by atoms with van der Waals surface area (Å²) in [6.45, 7) is 12.6. The maximum absolute atomic E-state index is 13.3. The van der Waals surface area contributed by atoms with Crippen molar-refractivity contribution in [3.05, 3.63) is 30.2 Å². The number of aromatic amines is 1. The standard InChI is InChI=1S/C28H42N6O6/c1-8-11-12-17(23(35)26(36)31-20-15-16-29-33-20)30-27(37)40-24(28(4,5)6)25-32-21-18(38-9-2)13-14-19(39-10-3)22(21)34(25)7/h13-17,23-24,35H,8-12H2,1-7H3,(H,30,37)(H2,29,31,33,36)/t17-,23-,24-/m0/s1. The molecule has 0 unspecified atom stereocenters. The van der Waals surface area contributed by atoms with Crippen molar-refractivity contribution in [3.63, 3.8) is 0 Å². The van der Waals surface area contributed by atoms with Gasteiger partial charge in [0.25, 0.3) is 5.91 Å². The highest BCUT2D eigenvalue weighted by atomic mass is 16.6. The van der Waals surface area contributed by atoms with E-state index in [1.165, 1.54) is 6.20 Å². The van der Waals surface area contributed by atoms with Crippen LogP contribution in [0.25, 0.3) is 11.0 Å². The lowest BCUT2D eigenvalue weighted by Gasteiger charge is -2.31. The molecular formula is C28H42N6O6. The normalized spacial score (nSPS) is 13.9. The number of anilines is 1. The highest BCUT2D eigenvalue weighted by molar-refractivity contribution is 5.94. The summed E-state index contributed by atoms with van der Waals surface area (Å²) in [5.41, 5.74) is 0.780. The fourth-order valence-electron chi connectivity index (χ4n) is 4.41. The molecule has 0 fully saturated rings. The van der Waals surface area contributed by atoms with Crippen LogP contribution in [0.4, 0.5) is 10.6 Å². The Labute approximate surface area is 234 Å². The minimum atomic E-state index is -1.51. The van der Waals surface area contributed by atoms with Crippen molar-refractivity contribution >= 4 is 28.9 Å². The van der Waals surface area contributed by atoms with Crippen LogP contribution in [0.3, 0.4) is 0 Å². The Morgan fingerprint density at radius 1 is 1.10 bits per heavy atom. The Morgan fingerprint density at radius 2 is 1.77 bits per heavy atom. The number of imidazole rings is 1. The molecule has 3 aromatic rings. The molecule has 0 saturated heterocycles. The molecule has 12 heteroatoms. The zero-order valence-electron chi connectivity index (χ0n) is 24.4. The summed E-state index contributed by atoms with van der Waals surface area (Å²) in [7, 11) is 1.84. The minimum Gasteiger partial charge on any atom is -0.492 e. The second-order valence-electron chi connectivity index (χ2n) is 10.6. The topological polar surface area (TPSA) is 153 Å². The largest absolute Gasteiger partial charge is 0.492 e. The number of aryl methyl sites for hydroxylation is 1. The molecule has 0 aliphatic heterocycles. The molecule has 0 radical (unpaired) electrons.